The van der Waals surface area contributed by atoms with Gasteiger partial charge in [-0.2, -0.15) is 0 Å². The molecule has 2 aromatic heterocycles. The fourth-order valence-corrected chi connectivity index (χ4v) is 4.63. The maximum Gasteiger partial charge on any atom is 0.227 e. The number of oxazole rings is 1. The van der Waals surface area contributed by atoms with E-state index in [0.717, 1.165) is 55.3 Å². The van der Waals surface area contributed by atoms with E-state index in [1.54, 1.807) is 0 Å². The highest BCUT2D eigenvalue weighted by Gasteiger charge is 2.17. The van der Waals surface area contributed by atoms with Crippen molar-refractivity contribution in [2.75, 3.05) is 0 Å². The standard InChI is InChI=1S/C29H23NO2/c1-16-17(2)19(4)27-26(18(16)3)30-29(32-27)21-14-12-20(13-15-21)22-9-7-10-24-23-8-5-6-11-25(23)31-28(22)24/h5-15H,1-4H3. The van der Waals surface area contributed by atoms with Gasteiger partial charge >= 0.3 is 0 Å². The molecular formula is C29H23NO2. The van der Waals surface area contributed by atoms with Crippen molar-refractivity contribution < 1.29 is 8.83 Å². The highest BCUT2D eigenvalue weighted by molar-refractivity contribution is 6.09. The third-order valence-electron chi connectivity index (χ3n) is 6.86. The van der Waals surface area contributed by atoms with E-state index < -0.39 is 0 Å². The summed E-state index contributed by atoms with van der Waals surface area (Å²) >= 11 is 0. The van der Waals surface area contributed by atoms with Crippen LogP contribution in [0.25, 0.3) is 55.6 Å². The van der Waals surface area contributed by atoms with Gasteiger partial charge in [-0.25, -0.2) is 4.98 Å². The number of hydrogen-bond donors (Lipinski definition) is 0. The number of aromatic nitrogens is 1. The molecule has 156 valence electrons. The zero-order valence-electron chi connectivity index (χ0n) is 18.6. The van der Waals surface area contributed by atoms with Gasteiger partial charge < -0.3 is 8.83 Å². The largest absolute Gasteiger partial charge is 0.455 e. The molecule has 0 radical (unpaired) electrons. The zero-order chi connectivity index (χ0) is 22.0. The van der Waals surface area contributed by atoms with Crippen LogP contribution in [0.2, 0.25) is 0 Å². The Kier molecular flexibility index (Phi) is 4.03. The van der Waals surface area contributed by atoms with Gasteiger partial charge in [-0.05, 0) is 73.7 Å². The lowest BCUT2D eigenvalue weighted by Gasteiger charge is -2.08. The number of fused-ring (bicyclic) bond motifs is 4. The van der Waals surface area contributed by atoms with Crippen LogP contribution in [0.1, 0.15) is 22.3 Å². The van der Waals surface area contributed by atoms with Gasteiger partial charge in [-0.1, -0.05) is 48.5 Å². The number of para-hydroxylation sites is 2. The van der Waals surface area contributed by atoms with Crippen LogP contribution in [0.4, 0.5) is 0 Å². The highest BCUT2D eigenvalue weighted by atomic mass is 16.3. The summed E-state index contributed by atoms with van der Waals surface area (Å²) in [5.41, 5.74) is 11.7. The summed E-state index contributed by atoms with van der Waals surface area (Å²) in [5.74, 6) is 0.657. The lowest BCUT2D eigenvalue weighted by molar-refractivity contribution is 0.617. The average Bonchev–Trinajstić information content (AvgIpc) is 3.44. The molecule has 3 heteroatoms. The van der Waals surface area contributed by atoms with Crippen molar-refractivity contribution >= 4 is 33.0 Å². The van der Waals surface area contributed by atoms with E-state index in [4.69, 9.17) is 13.8 Å². The highest BCUT2D eigenvalue weighted by Crippen LogP contribution is 2.37. The first-order chi connectivity index (χ1) is 15.5. The Hall–Kier alpha value is -3.85. The van der Waals surface area contributed by atoms with Gasteiger partial charge in [0.25, 0.3) is 0 Å². The molecule has 0 N–H and O–H groups in total. The van der Waals surface area contributed by atoms with Crippen molar-refractivity contribution in [3.05, 3.63) is 89.0 Å². The molecule has 32 heavy (non-hydrogen) atoms. The van der Waals surface area contributed by atoms with Gasteiger partial charge in [0.1, 0.15) is 16.7 Å². The smallest absolute Gasteiger partial charge is 0.227 e. The first-order valence-electron chi connectivity index (χ1n) is 10.9. The first-order valence-corrected chi connectivity index (χ1v) is 10.9. The van der Waals surface area contributed by atoms with Crippen LogP contribution in [-0.4, -0.2) is 4.98 Å². The van der Waals surface area contributed by atoms with Crippen LogP contribution in [0, 0.1) is 27.7 Å². The van der Waals surface area contributed by atoms with Gasteiger partial charge in [-0.3, -0.25) is 0 Å². The van der Waals surface area contributed by atoms with Crippen molar-refractivity contribution in [2.24, 2.45) is 0 Å². The molecule has 0 aliphatic carbocycles. The average molecular weight is 418 g/mol. The third kappa shape index (κ3) is 2.64. The third-order valence-corrected chi connectivity index (χ3v) is 6.86. The fourth-order valence-electron chi connectivity index (χ4n) is 4.63. The summed E-state index contributed by atoms with van der Waals surface area (Å²) in [6.45, 7) is 8.52. The van der Waals surface area contributed by atoms with Gasteiger partial charge in [0.05, 0.1) is 0 Å². The molecule has 0 amide bonds. The second kappa shape index (κ2) is 6.83. The molecule has 0 atom stereocenters. The monoisotopic (exact) mass is 417 g/mol. The van der Waals surface area contributed by atoms with Gasteiger partial charge in [0.15, 0.2) is 5.58 Å². The maximum atomic E-state index is 6.23. The van der Waals surface area contributed by atoms with Gasteiger partial charge in [-0.15, -0.1) is 0 Å². The Labute approximate surface area is 186 Å². The normalized spacial score (nSPS) is 11.8. The number of rotatable bonds is 2. The molecule has 0 aliphatic heterocycles. The number of nitrogens with zero attached hydrogens (tertiary/aromatic N) is 1. The Morgan fingerprint density at radius 3 is 2.06 bits per heavy atom. The molecular weight excluding hydrogens is 394 g/mol. The van der Waals surface area contributed by atoms with Crippen molar-refractivity contribution in [3.8, 4) is 22.6 Å². The molecule has 0 fully saturated rings. The van der Waals surface area contributed by atoms with Gasteiger partial charge in [0, 0.05) is 21.9 Å². The minimum Gasteiger partial charge on any atom is -0.455 e. The van der Waals surface area contributed by atoms with Crippen LogP contribution in [0.5, 0.6) is 0 Å². The summed E-state index contributed by atoms with van der Waals surface area (Å²) in [4.78, 5) is 4.84. The van der Waals surface area contributed by atoms with E-state index in [1.165, 1.54) is 16.7 Å². The summed E-state index contributed by atoms with van der Waals surface area (Å²) in [6.07, 6.45) is 0. The first kappa shape index (κ1) is 18.9. The molecule has 0 aliphatic rings. The van der Waals surface area contributed by atoms with E-state index >= 15 is 0 Å². The molecule has 6 rings (SSSR count). The van der Waals surface area contributed by atoms with Crippen molar-refractivity contribution in [1.29, 1.82) is 0 Å². The molecule has 6 aromatic rings. The van der Waals surface area contributed by atoms with E-state index in [9.17, 15) is 0 Å². The van der Waals surface area contributed by atoms with E-state index in [2.05, 4.69) is 76.2 Å². The minimum absolute atomic E-state index is 0.657. The SMILES string of the molecule is Cc1c(C)c(C)c2oc(-c3ccc(-c4cccc5c4oc4ccccc45)cc3)nc2c1C. The molecule has 3 nitrogen and oxygen atoms in total. The minimum atomic E-state index is 0.657. The Morgan fingerprint density at radius 2 is 1.25 bits per heavy atom. The molecule has 0 unspecified atom stereocenters. The van der Waals surface area contributed by atoms with Crippen molar-refractivity contribution in [2.45, 2.75) is 27.7 Å². The topological polar surface area (TPSA) is 39.2 Å². The van der Waals surface area contributed by atoms with E-state index in [-0.39, 0.29) is 0 Å². The van der Waals surface area contributed by atoms with Crippen LogP contribution in [0.15, 0.2) is 75.6 Å². The van der Waals surface area contributed by atoms with Crippen LogP contribution < -0.4 is 0 Å². The molecule has 2 heterocycles. The molecule has 0 bridgehead atoms. The maximum absolute atomic E-state index is 6.23. The van der Waals surface area contributed by atoms with E-state index in [1.807, 2.05) is 18.2 Å². The predicted molar refractivity (Wildman–Crippen MR) is 131 cm³/mol. The number of benzene rings is 4. The Morgan fingerprint density at radius 1 is 0.562 bits per heavy atom. The van der Waals surface area contributed by atoms with Gasteiger partial charge in [0.2, 0.25) is 5.89 Å². The quantitative estimate of drug-likeness (QED) is 0.284. The second-order valence-corrected chi connectivity index (χ2v) is 8.55. The summed E-state index contributed by atoms with van der Waals surface area (Å²) in [7, 11) is 0. The van der Waals surface area contributed by atoms with Crippen LogP contribution in [0.3, 0.4) is 0 Å². The lowest BCUT2D eigenvalue weighted by atomic mass is 9.98. The van der Waals surface area contributed by atoms with Crippen molar-refractivity contribution in [1.82, 2.24) is 4.98 Å². The zero-order valence-corrected chi connectivity index (χ0v) is 18.6. The Bertz CT molecular complexity index is 1600. The molecule has 0 saturated heterocycles. The lowest BCUT2D eigenvalue weighted by Crippen LogP contribution is -1.92. The number of hydrogen-bond acceptors (Lipinski definition) is 3. The summed E-state index contributed by atoms with van der Waals surface area (Å²) in [5, 5.41) is 2.28. The van der Waals surface area contributed by atoms with Crippen molar-refractivity contribution in [3.63, 3.8) is 0 Å². The molecule has 4 aromatic carbocycles. The molecule has 0 saturated carbocycles. The summed E-state index contributed by atoms with van der Waals surface area (Å²) in [6, 6.07) is 22.9. The fraction of sp³-hybridized carbons (Fsp3) is 0.138. The second-order valence-electron chi connectivity index (χ2n) is 8.55. The number of furan rings is 1. The van der Waals surface area contributed by atoms with Crippen LogP contribution >= 0.6 is 0 Å². The number of aryl methyl sites for hydroxylation is 2. The summed E-state index contributed by atoms with van der Waals surface area (Å²) < 4.78 is 12.4. The van der Waals surface area contributed by atoms with E-state index in [0.29, 0.717) is 5.89 Å². The van der Waals surface area contributed by atoms with Crippen LogP contribution in [-0.2, 0) is 0 Å². The predicted octanol–water partition coefficient (Wildman–Crippen LogP) is 8.29. The molecule has 0 spiro atoms. The Balaban J connectivity index is 1.46.